The van der Waals surface area contributed by atoms with Crippen LogP contribution in [-0.4, -0.2) is 49.1 Å². The molecule has 3 rings (SSSR count). The van der Waals surface area contributed by atoms with Gasteiger partial charge < -0.3 is 15.1 Å². The van der Waals surface area contributed by atoms with E-state index in [1.165, 1.54) is 6.42 Å². The lowest BCUT2D eigenvalue weighted by atomic mass is 9.95. The van der Waals surface area contributed by atoms with Gasteiger partial charge in [-0.1, -0.05) is 6.07 Å². The predicted octanol–water partition coefficient (Wildman–Crippen LogP) is 3.42. The first kappa shape index (κ1) is 19.5. The third-order valence-corrected chi connectivity index (χ3v) is 5.23. The van der Waals surface area contributed by atoms with Crippen LogP contribution in [0.15, 0.2) is 24.3 Å². The van der Waals surface area contributed by atoms with Gasteiger partial charge in [0.2, 0.25) is 5.91 Å². The van der Waals surface area contributed by atoms with Crippen molar-refractivity contribution in [1.82, 2.24) is 4.90 Å². The summed E-state index contributed by atoms with van der Waals surface area (Å²) in [6, 6.07) is 7.66. The number of alkyl halides is 3. The number of hydrogen-bond donors (Lipinski definition) is 1. The standard InChI is InChI=1S/C19H24F3N3O2/c20-19(21,22)18(27)25-11-7-14(8-12-25)17(26)23-15-5-4-6-16(13-15)24-9-2-1-3-10-24/h4-6,13-14H,1-3,7-12H2,(H,23,26). The first-order chi connectivity index (χ1) is 12.8. The average Bonchev–Trinajstić information content (AvgIpc) is 2.67. The van der Waals surface area contributed by atoms with Crippen molar-refractivity contribution < 1.29 is 22.8 Å². The van der Waals surface area contributed by atoms with Crippen molar-refractivity contribution in [2.75, 3.05) is 36.4 Å². The highest BCUT2D eigenvalue weighted by Crippen LogP contribution is 2.26. The van der Waals surface area contributed by atoms with Crippen LogP contribution in [0.25, 0.3) is 0 Å². The summed E-state index contributed by atoms with van der Waals surface area (Å²) in [5.41, 5.74) is 1.76. The molecule has 2 heterocycles. The van der Waals surface area contributed by atoms with E-state index >= 15 is 0 Å². The smallest absolute Gasteiger partial charge is 0.371 e. The van der Waals surface area contributed by atoms with Crippen molar-refractivity contribution >= 4 is 23.2 Å². The molecule has 2 amide bonds. The van der Waals surface area contributed by atoms with Crippen LogP contribution in [0.1, 0.15) is 32.1 Å². The zero-order valence-corrected chi connectivity index (χ0v) is 15.1. The van der Waals surface area contributed by atoms with Crippen LogP contribution in [0.4, 0.5) is 24.5 Å². The molecule has 0 aromatic heterocycles. The van der Waals surface area contributed by atoms with E-state index in [0.29, 0.717) is 5.69 Å². The molecule has 2 aliphatic rings. The molecule has 0 bridgehead atoms. The molecular weight excluding hydrogens is 359 g/mol. The third kappa shape index (κ3) is 4.93. The Morgan fingerprint density at radius 3 is 2.30 bits per heavy atom. The van der Waals surface area contributed by atoms with Gasteiger partial charge in [0, 0.05) is 43.5 Å². The third-order valence-electron chi connectivity index (χ3n) is 5.23. The van der Waals surface area contributed by atoms with E-state index in [1.54, 1.807) is 0 Å². The monoisotopic (exact) mass is 383 g/mol. The summed E-state index contributed by atoms with van der Waals surface area (Å²) in [7, 11) is 0. The quantitative estimate of drug-likeness (QED) is 0.870. The molecule has 27 heavy (non-hydrogen) atoms. The summed E-state index contributed by atoms with van der Waals surface area (Å²) < 4.78 is 37.5. The molecule has 1 aromatic carbocycles. The molecule has 8 heteroatoms. The number of anilines is 2. The minimum atomic E-state index is -4.86. The van der Waals surface area contributed by atoms with Gasteiger partial charge >= 0.3 is 12.1 Å². The zero-order chi connectivity index (χ0) is 19.4. The Morgan fingerprint density at radius 2 is 1.67 bits per heavy atom. The van der Waals surface area contributed by atoms with Gasteiger partial charge in [-0.15, -0.1) is 0 Å². The number of nitrogens with one attached hydrogen (secondary N) is 1. The number of benzene rings is 1. The highest BCUT2D eigenvalue weighted by atomic mass is 19.4. The highest BCUT2D eigenvalue weighted by molar-refractivity contribution is 5.93. The SMILES string of the molecule is O=C(Nc1cccc(N2CCCCC2)c1)C1CCN(C(=O)C(F)(F)F)CC1. The Bertz CT molecular complexity index is 679. The van der Waals surface area contributed by atoms with Crippen molar-refractivity contribution in [2.45, 2.75) is 38.3 Å². The summed E-state index contributed by atoms with van der Waals surface area (Å²) >= 11 is 0. The van der Waals surface area contributed by atoms with E-state index in [2.05, 4.69) is 10.2 Å². The molecule has 1 aromatic rings. The highest BCUT2D eigenvalue weighted by Gasteiger charge is 2.43. The lowest BCUT2D eigenvalue weighted by molar-refractivity contribution is -0.186. The molecule has 5 nitrogen and oxygen atoms in total. The molecule has 148 valence electrons. The second-order valence-electron chi connectivity index (χ2n) is 7.15. The van der Waals surface area contributed by atoms with Crippen molar-refractivity contribution in [3.8, 4) is 0 Å². The maximum atomic E-state index is 12.5. The fourth-order valence-electron chi connectivity index (χ4n) is 3.70. The summed E-state index contributed by atoms with van der Waals surface area (Å²) in [6.07, 6.45) is -0.830. The molecule has 0 unspecified atom stereocenters. The van der Waals surface area contributed by atoms with Crippen LogP contribution in [0.3, 0.4) is 0 Å². The summed E-state index contributed by atoms with van der Waals surface area (Å²) in [4.78, 5) is 26.8. The number of likely N-dealkylation sites (tertiary alicyclic amines) is 1. The number of piperidine rings is 2. The van der Waals surface area contributed by atoms with Crippen LogP contribution in [0.2, 0.25) is 0 Å². The van der Waals surface area contributed by atoms with Crippen LogP contribution in [0.5, 0.6) is 0 Å². The number of amides is 2. The van der Waals surface area contributed by atoms with Crippen molar-refractivity contribution in [3.05, 3.63) is 24.3 Å². The largest absolute Gasteiger partial charge is 0.471 e. The maximum Gasteiger partial charge on any atom is 0.471 e. The van der Waals surface area contributed by atoms with Crippen LogP contribution in [0, 0.1) is 5.92 Å². The molecule has 0 spiro atoms. The lowest BCUT2D eigenvalue weighted by Crippen LogP contribution is -2.46. The number of halogens is 3. The van der Waals surface area contributed by atoms with Gasteiger partial charge in [0.1, 0.15) is 0 Å². The van der Waals surface area contributed by atoms with Crippen LogP contribution in [-0.2, 0) is 9.59 Å². The van der Waals surface area contributed by atoms with Crippen molar-refractivity contribution in [2.24, 2.45) is 5.92 Å². The van der Waals surface area contributed by atoms with E-state index in [4.69, 9.17) is 0 Å². The Hall–Kier alpha value is -2.25. The molecule has 2 aliphatic heterocycles. The van der Waals surface area contributed by atoms with E-state index in [9.17, 15) is 22.8 Å². The van der Waals surface area contributed by atoms with Gasteiger partial charge in [-0.05, 0) is 50.3 Å². The van der Waals surface area contributed by atoms with E-state index < -0.39 is 12.1 Å². The minimum absolute atomic E-state index is 0.0513. The average molecular weight is 383 g/mol. The Morgan fingerprint density at radius 1 is 1.00 bits per heavy atom. The topological polar surface area (TPSA) is 52.7 Å². The molecule has 2 fully saturated rings. The second-order valence-corrected chi connectivity index (χ2v) is 7.15. The Labute approximate surface area is 156 Å². The van der Waals surface area contributed by atoms with Gasteiger partial charge in [-0.2, -0.15) is 13.2 Å². The van der Waals surface area contributed by atoms with Gasteiger partial charge in [-0.3, -0.25) is 9.59 Å². The first-order valence-electron chi connectivity index (χ1n) is 9.36. The summed E-state index contributed by atoms with van der Waals surface area (Å²) in [6.45, 7) is 1.90. The fourth-order valence-corrected chi connectivity index (χ4v) is 3.70. The number of nitrogens with zero attached hydrogens (tertiary/aromatic N) is 2. The Balaban J connectivity index is 1.55. The summed E-state index contributed by atoms with van der Waals surface area (Å²) in [5.74, 6) is -2.42. The number of carbonyl (C=O) groups is 2. The number of carbonyl (C=O) groups excluding carboxylic acids is 2. The maximum absolute atomic E-state index is 12.5. The normalized spacial score (nSPS) is 19.1. The number of rotatable bonds is 3. The van der Waals surface area contributed by atoms with Gasteiger partial charge in [0.05, 0.1) is 0 Å². The van der Waals surface area contributed by atoms with Gasteiger partial charge in [0.25, 0.3) is 0 Å². The van der Waals surface area contributed by atoms with Gasteiger partial charge in [0.15, 0.2) is 0 Å². The molecule has 2 saturated heterocycles. The van der Waals surface area contributed by atoms with E-state index in [-0.39, 0.29) is 37.8 Å². The van der Waals surface area contributed by atoms with E-state index in [0.717, 1.165) is 36.5 Å². The fraction of sp³-hybridized carbons (Fsp3) is 0.579. The van der Waals surface area contributed by atoms with E-state index in [1.807, 2.05) is 24.3 Å². The van der Waals surface area contributed by atoms with Crippen molar-refractivity contribution in [3.63, 3.8) is 0 Å². The second kappa shape index (κ2) is 8.19. The molecule has 1 N–H and O–H groups in total. The van der Waals surface area contributed by atoms with Crippen molar-refractivity contribution in [1.29, 1.82) is 0 Å². The molecule has 0 radical (unpaired) electrons. The minimum Gasteiger partial charge on any atom is -0.371 e. The zero-order valence-electron chi connectivity index (χ0n) is 15.1. The first-order valence-corrected chi connectivity index (χ1v) is 9.36. The number of hydrogen-bond acceptors (Lipinski definition) is 3. The predicted molar refractivity (Wildman–Crippen MR) is 96.5 cm³/mol. The molecule has 0 atom stereocenters. The van der Waals surface area contributed by atoms with Crippen LogP contribution >= 0.6 is 0 Å². The Kier molecular flexibility index (Phi) is 5.92. The molecule has 0 aliphatic carbocycles. The summed E-state index contributed by atoms with van der Waals surface area (Å²) in [5, 5.41) is 2.87. The van der Waals surface area contributed by atoms with Gasteiger partial charge in [-0.25, -0.2) is 0 Å². The van der Waals surface area contributed by atoms with Crippen LogP contribution < -0.4 is 10.2 Å². The lowest BCUT2D eigenvalue weighted by Gasteiger charge is -2.32. The molecule has 0 saturated carbocycles. The molecular formula is C19H24F3N3O2.